The van der Waals surface area contributed by atoms with E-state index in [9.17, 15) is 9.59 Å². The van der Waals surface area contributed by atoms with Crippen molar-refractivity contribution >= 4 is 40.9 Å². The number of rotatable bonds is 6. The van der Waals surface area contributed by atoms with Gasteiger partial charge in [0.25, 0.3) is 5.91 Å². The number of nitrogens with one attached hydrogen (secondary N) is 1. The van der Waals surface area contributed by atoms with Gasteiger partial charge < -0.3 is 14.8 Å². The molecule has 2 rings (SSSR count). The molecule has 0 aromatic heterocycles. The van der Waals surface area contributed by atoms with E-state index in [4.69, 9.17) is 21.1 Å². The molecule has 0 fully saturated rings. The van der Waals surface area contributed by atoms with Gasteiger partial charge >= 0.3 is 5.97 Å². The highest BCUT2D eigenvalue weighted by Crippen LogP contribution is 2.24. The lowest BCUT2D eigenvalue weighted by atomic mass is 10.2. The standard InChI is InChI=1S/C17H16ClNO4S/c1-22-15-6-4-3-5-14(15)19-16(20)10-23-17(21)12-9-11(24-2)7-8-13(12)18/h3-9H,10H2,1-2H3,(H,19,20). The van der Waals surface area contributed by atoms with Crippen LogP contribution in [0.25, 0.3) is 0 Å². The van der Waals surface area contributed by atoms with E-state index in [1.54, 1.807) is 42.5 Å². The molecular weight excluding hydrogens is 350 g/mol. The molecule has 2 aromatic rings. The first-order valence-electron chi connectivity index (χ1n) is 6.98. The molecule has 5 nitrogen and oxygen atoms in total. The Labute approximate surface area is 149 Å². The summed E-state index contributed by atoms with van der Waals surface area (Å²) < 4.78 is 10.2. The van der Waals surface area contributed by atoms with Crippen LogP contribution in [0.15, 0.2) is 47.4 Å². The number of ether oxygens (including phenoxy) is 2. The van der Waals surface area contributed by atoms with Gasteiger partial charge in [-0.25, -0.2) is 4.79 Å². The lowest BCUT2D eigenvalue weighted by molar-refractivity contribution is -0.119. The molecule has 24 heavy (non-hydrogen) atoms. The number of methoxy groups -OCH3 is 1. The minimum Gasteiger partial charge on any atom is -0.495 e. The van der Waals surface area contributed by atoms with Crippen molar-refractivity contribution in [2.24, 2.45) is 0 Å². The number of carbonyl (C=O) groups is 2. The number of esters is 1. The number of benzene rings is 2. The average Bonchev–Trinajstić information content (AvgIpc) is 2.60. The van der Waals surface area contributed by atoms with Crippen LogP contribution in [0, 0.1) is 0 Å². The summed E-state index contributed by atoms with van der Waals surface area (Å²) in [6, 6.07) is 12.0. The van der Waals surface area contributed by atoms with Gasteiger partial charge in [0.2, 0.25) is 0 Å². The second-order valence-electron chi connectivity index (χ2n) is 4.67. The summed E-state index contributed by atoms with van der Waals surface area (Å²) in [6.45, 7) is -0.420. The number of para-hydroxylation sites is 2. The number of anilines is 1. The van der Waals surface area contributed by atoms with Gasteiger partial charge in [-0.2, -0.15) is 0 Å². The van der Waals surface area contributed by atoms with Crippen LogP contribution in [0.3, 0.4) is 0 Å². The predicted octanol–water partition coefficient (Wildman–Crippen LogP) is 3.87. The highest BCUT2D eigenvalue weighted by molar-refractivity contribution is 7.98. The molecule has 0 atom stereocenters. The van der Waals surface area contributed by atoms with E-state index in [0.717, 1.165) is 4.90 Å². The fraction of sp³-hybridized carbons (Fsp3) is 0.176. The fourth-order valence-corrected chi connectivity index (χ4v) is 2.57. The molecule has 1 amide bonds. The molecule has 7 heteroatoms. The minimum absolute atomic E-state index is 0.230. The molecule has 0 spiro atoms. The summed E-state index contributed by atoms with van der Waals surface area (Å²) in [5.41, 5.74) is 0.733. The molecule has 0 unspecified atom stereocenters. The Morgan fingerprint density at radius 1 is 1.21 bits per heavy atom. The first-order valence-corrected chi connectivity index (χ1v) is 8.59. The van der Waals surface area contributed by atoms with Crippen molar-refractivity contribution < 1.29 is 19.1 Å². The highest BCUT2D eigenvalue weighted by atomic mass is 35.5. The van der Waals surface area contributed by atoms with E-state index in [0.29, 0.717) is 11.4 Å². The van der Waals surface area contributed by atoms with E-state index < -0.39 is 18.5 Å². The minimum atomic E-state index is -0.647. The van der Waals surface area contributed by atoms with Crippen LogP contribution in [-0.4, -0.2) is 31.8 Å². The summed E-state index contributed by atoms with van der Waals surface area (Å²) in [4.78, 5) is 24.9. The Hall–Kier alpha value is -2.18. The number of hydrogen-bond donors (Lipinski definition) is 1. The lowest BCUT2D eigenvalue weighted by Gasteiger charge is -2.10. The molecular formula is C17H16ClNO4S. The highest BCUT2D eigenvalue weighted by Gasteiger charge is 2.15. The summed E-state index contributed by atoms with van der Waals surface area (Å²) in [5.74, 6) is -0.594. The average molecular weight is 366 g/mol. The van der Waals surface area contributed by atoms with Gasteiger partial charge in [0.1, 0.15) is 5.75 Å². The second kappa shape index (κ2) is 8.61. The van der Waals surface area contributed by atoms with Crippen molar-refractivity contribution in [2.45, 2.75) is 4.90 Å². The van der Waals surface area contributed by atoms with Crippen LogP contribution in [-0.2, 0) is 9.53 Å². The fourth-order valence-electron chi connectivity index (χ4n) is 1.93. The Kier molecular flexibility index (Phi) is 6.52. The Morgan fingerprint density at radius 3 is 2.67 bits per heavy atom. The third-order valence-corrected chi connectivity index (χ3v) is 4.16. The molecule has 0 saturated heterocycles. The van der Waals surface area contributed by atoms with E-state index >= 15 is 0 Å². The van der Waals surface area contributed by atoms with Crippen LogP contribution in [0.1, 0.15) is 10.4 Å². The maximum absolute atomic E-state index is 12.1. The molecule has 0 aliphatic heterocycles. The van der Waals surface area contributed by atoms with Gasteiger partial charge in [0.15, 0.2) is 6.61 Å². The van der Waals surface area contributed by atoms with Crippen LogP contribution in [0.5, 0.6) is 5.75 Å². The van der Waals surface area contributed by atoms with Crippen molar-refractivity contribution in [3.05, 3.63) is 53.1 Å². The molecule has 0 aliphatic rings. The largest absolute Gasteiger partial charge is 0.495 e. The first-order chi connectivity index (χ1) is 11.5. The van der Waals surface area contributed by atoms with E-state index in [1.807, 2.05) is 6.26 Å². The second-order valence-corrected chi connectivity index (χ2v) is 5.96. The smallest absolute Gasteiger partial charge is 0.340 e. The molecule has 0 radical (unpaired) electrons. The van der Waals surface area contributed by atoms with Gasteiger partial charge in [0.05, 0.1) is 23.4 Å². The lowest BCUT2D eigenvalue weighted by Crippen LogP contribution is -2.21. The number of halogens is 1. The van der Waals surface area contributed by atoms with Crippen LogP contribution < -0.4 is 10.1 Å². The molecule has 126 valence electrons. The predicted molar refractivity (Wildman–Crippen MR) is 95.1 cm³/mol. The maximum Gasteiger partial charge on any atom is 0.340 e. The monoisotopic (exact) mass is 365 g/mol. The van der Waals surface area contributed by atoms with Crippen molar-refractivity contribution in [3.8, 4) is 5.75 Å². The summed E-state index contributed by atoms with van der Waals surface area (Å²) in [6.07, 6.45) is 1.89. The zero-order valence-electron chi connectivity index (χ0n) is 13.2. The topological polar surface area (TPSA) is 64.6 Å². The van der Waals surface area contributed by atoms with Crippen LogP contribution in [0.2, 0.25) is 5.02 Å². The molecule has 0 heterocycles. The van der Waals surface area contributed by atoms with Crippen molar-refractivity contribution in [1.29, 1.82) is 0 Å². The van der Waals surface area contributed by atoms with Crippen molar-refractivity contribution in [1.82, 2.24) is 0 Å². The van der Waals surface area contributed by atoms with Gasteiger partial charge in [-0.3, -0.25) is 4.79 Å². The number of amides is 1. The summed E-state index contributed by atoms with van der Waals surface area (Å²) in [5, 5.41) is 2.91. The van der Waals surface area contributed by atoms with E-state index in [-0.39, 0.29) is 10.6 Å². The quantitative estimate of drug-likeness (QED) is 0.622. The van der Waals surface area contributed by atoms with Crippen LogP contribution in [0.4, 0.5) is 5.69 Å². The molecule has 0 bridgehead atoms. The zero-order chi connectivity index (χ0) is 17.5. The van der Waals surface area contributed by atoms with Crippen LogP contribution >= 0.6 is 23.4 Å². The SMILES string of the molecule is COc1ccccc1NC(=O)COC(=O)c1cc(SC)ccc1Cl. The zero-order valence-corrected chi connectivity index (χ0v) is 14.7. The third-order valence-electron chi connectivity index (χ3n) is 3.11. The molecule has 0 aliphatic carbocycles. The van der Waals surface area contributed by atoms with Gasteiger partial charge in [-0.15, -0.1) is 11.8 Å². The third kappa shape index (κ3) is 4.66. The summed E-state index contributed by atoms with van der Waals surface area (Å²) >= 11 is 7.49. The Balaban J connectivity index is 1.97. The first kappa shape index (κ1) is 18.2. The molecule has 1 N–H and O–H groups in total. The maximum atomic E-state index is 12.1. The number of thioether (sulfide) groups is 1. The number of hydrogen-bond acceptors (Lipinski definition) is 5. The van der Waals surface area contributed by atoms with E-state index in [1.165, 1.54) is 18.9 Å². The van der Waals surface area contributed by atoms with Crippen molar-refractivity contribution in [3.63, 3.8) is 0 Å². The van der Waals surface area contributed by atoms with Gasteiger partial charge in [0, 0.05) is 4.90 Å². The normalized spacial score (nSPS) is 10.1. The van der Waals surface area contributed by atoms with E-state index in [2.05, 4.69) is 5.32 Å². The summed E-state index contributed by atoms with van der Waals surface area (Å²) in [7, 11) is 1.51. The molecule has 2 aromatic carbocycles. The Morgan fingerprint density at radius 2 is 1.96 bits per heavy atom. The Bertz CT molecular complexity index is 751. The van der Waals surface area contributed by atoms with Gasteiger partial charge in [-0.05, 0) is 36.6 Å². The molecule has 0 saturated carbocycles. The van der Waals surface area contributed by atoms with Crippen molar-refractivity contribution in [2.75, 3.05) is 25.3 Å². The van der Waals surface area contributed by atoms with Gasteiger partial charge in [-0.1, -0.05) is 23.7 Å². The number of carbonyl (C=O) groups excluding carboxylic acids is 2.